The van der Waals surface area contributed by atoms with Crippen molar-refractivity contribution >= 4 is 29.6 Å². The van der Waals surface area contributed by atoms with Crippen LogP contribution in [0.2, 0.25) is 0 Å². The molecule has 2 rings (SSSR count). The molecule has 10 heteroatoms. The summed E-state index contributed by atoms with van der Waals surface area (Å²) in [7, 11) is 0. The second kappa shape index (κ2) is 15.2. The van der Waals surface area contributed by atoms with Crippen LogP contribution in [-0.4, -0.2) is 56.4 Å². The first kappa shape index (κ1) is 28.3. The summed E-state index contributed by atoms with van der Waals surface area (Å²) in [5.74, 6) is -1.15. The molecule has 0 heterocycles. The molecule has 0 aliphatic carbocycles. The standard InChI is InChI=1S/C26H34N4O6/c1-5-34-23-15-20(16-28-30-26(33)25(32)27-13-8-14-35-18(2)3)11-12-22(23)36-17-24(31)29-21-10-7-6-9-19(21)4/h6-7,9-12,15-16,18H,5,8,13-14,17H2,1-4H3,(H,27,32)(H,29,31)(H,30,33)/b28-16-. The van der Waals surface area contributed by atoms with Gasteiger partial charge in [0.1, 0.15) is 0 Å². The van der Waals surface area contributed by atoms with Crippen LogP contribution < -0.4 is 25.5 Å². The molecule has 0 aliphatic heterocycles. The van der Waals surface area contributed by atoms with Gasteiger partial charge in [0.25, 0.3) is 5.91 Å². The SMILES string of the molecule is CCOc1cc(/C=N\NC(=O)C(=O)NCCCOC(C)C)ccc1OCC(=O)Nc1ccccc1C. The molecule has 0 fully saturated rings. The fourth-order valence-corrected chi connectivity index (χ4v) is 2.92. The van der Waals surface area contributed by atoms with E-state index < -0.39 is 11.8 Å². The molecule has 0 bridgehead atoms. The number of aryl methyl sites for hydroxylation is 1. The van der Waals surface area contributed by atoms with E-state index in [2.05, 4.69) is 21.2 Å². The Kier molecular flexibility index (Phi) is 11.9. The lowest BCUT2D eigenvalue weighted by Gasteiger charge is -2.13. The normalized spacial score (nSPS) is 10.8. The Morgan fingerprint density at radius 3 is 2.53 bits per heavy atom. The molecule has 0 unspecified atom stereocenters. The van der Waals surface area contributed by atoms with Crippen molar-refractivity contribution < 1.29 is 28.6 Å². The number of ether oxygens (including phenoxy) is 3. The van der Waals surface area contributed by atoms with Crippen molar-refractivity contribution in [1.29, 1.82) is 0 Å². The summed E-state index contributed by atoms with van der Waals surface area (Å²) in [5.41, 5.74) is 4.46. The van der Waals surface area contributed by atoms with E-state index in [-0.39, 0.29) is 18.6 Å². The zero-order valence-electron chi connectivity index (χ0n) is 21.1. The zero-order valence-corrected chi connectivity index (χ0v) is 21.1. The van der Waals surface area contributed by atoms with Gasteiger partial charge in [-0.05, 0) is 69.5 Å². The molecule has 0 spiro atoms. The molecule has 0 aromatic heterocycles. The number of nitrogens with zero attached hydrogens (tertiary/aromatic N) is 1. The van der Waals surface area contributed by atoms with Crippen LogP contribution in [0.3, 0.4) is 0 Å². The Bertz CT molecular complexity index is 1050. The third-order valence-corrected chi connectivity index (χ3v) is 4.69. The first-order chi connectivity index (χ1) is 17.3. The topological polar surface area (TPSA) is 127 Å². The molecule has 36 heavy (non-hydrogen) atoms. The molecule has 0 saturated heterocycles. The third kappa shape index (κ3) is 10.1. The van der Waals surface area contributed by atoms with Crippen LogP contribution in [0.1, 0.15) is 38.3 Å². The van der Waals surface area contributed by atoms with E-state index >= 15 is 0 Å². The van der Waals surface area contributed by atoms with Crippen LogP contribution in [0.4, 0.5) is 5.69 Å². The number of hydrazone groups is 1. The van der Waals surface area contributed by atoms with Crippen LogP contribution in [0, 0.1) is 6.92 Å². The number of rotatable bonds is 13. The number of benzene rings is 2. The average molecular weight is 499 g/mol. The van der Waals surface area contributed by atoms with Gasteiger partial charge in [-0.2, -0.15) is 5.10 Å². The summed E-state index contributed by atoms with van der Waals surface area (Å²) >= 11 is 0. The summed E-state index contributed by atoms with van der Waals surface area (Å²) in [6.07, 6.45) is 2.09. The molecular formula is C26H34N4O6. The maximum atomic E-state index is 12.3. The van der Waals surface area contributed by atoms with E-state index in [1.54, 1.807) is 18.2 Å². The van der Waals surface area contributed by atoms with Gasteiger partial charge in [-0.1, -0.05) is 18.2 Å². The van der Waals surface area contributed by atoms with E-state index in [4.69, 9.17) is 14.2 Å². The van der Waals surface area contributed by atoms with Crippen molar-refractivity contribution in [2.45, 2.75) is 40.2 Å². The molecule has 0 aliphatic rings. The Morgan fingerprint density at radius 2 is 1.81 bits per heavy atom. The maximum absolute atomic E-state index is 12.3. The van der Waals surface area contributed by atoms with Gasteiger partial charge in [0.05, 0.1) is 18.9 Å². The van der Waals surface area contributed by atoms with Gasteiger partial charge in [0.2, 0.25) is 0 Å². The van der Waals surface area contributed by atoms with Crippen LogP contribution in [0.15, 0.2) is 47.6 Å². The largest absolute Gasteiger partial charge is 0.490 e. The predicted octanol–water partition coefficient (Wildman–Crippen LogP) is 2.79. The fraction of sp³-hybridized carbons (Fsp3) is 0.385. The van der Waals surface area contributed by atoms with E-state index in [0.717, 1.165) is 11.3 Å². The molecule has 194 valence electrons. The lowest BCUT2D eigenvalue weighted by molar-refractivity contribution is -0.139. The van der Waals surface area contributed by atoms with Gasteiger partial charge < -0.3 is 24.8 Å². The second-order valence-corrected chi connectivity index (χ2v) is 8.02. The Hall–Kier alpha value is -3.92. The highest BCUT2D eigenvalue weighted by Gasteiger charge is 2.12. The van der Waals surface area contributed by atoms with E-state index in [9.17, 15) is 14.4 Å². The van der Waals surface area contributed by atoms with Gasteiger partial charge in [0, 0.05) is 18.8 Å². The highest BCUT2D eigenvalue weighted by Crippen LogP contribution is 2.28. The van der Waals surface area contributed by atoms with Crippen molar-refractivity contribution in [2.24, 2.45) is 5.10 Å². The Labute approximate surface area is 211 Å². The highest BCUT2D eigenvalue weighted by molar-refractivity contribution is 6.35. The van der Waals surface area contributed by atoms with Gasteiger partial charge in [-0.25, -0.2) is 5.43 Å². The van der Waals surface area contributed by atoms with Crippen LogP contribution >= 0.6 is 0 Å². The molecule has 2 aromatic carbocycles. The smallest absolute Gasteiger partial charge is 0.329 e. The number of amides is 3. The Morgan fingerprint density at radius 1 is 1.03 bits per heavy atom. The van der Waals surface area contributed by atoms with Crippen molar-refractivity contribution in [2.75, 3.05) is 31.7 Å². The van der Waals surface area contributed by atoms with Crippen LogP contribution in [0.5, 0.6) is 11.5 Å². The molecule has 2 aromatic rings. The first-order valence-corrected chi connectivity index (χ1v) is 11.8. The quantitative estimate of drug-likeness (QED) is 0.169. The van der Waals surface area contributed by atoms with Crippen molar-refractivity contribution in [3.63, 3.8) is 0 Å². The molecular weight excluding hydrogens is 464 g/mol. The number of anilines is 1. The zero-order chi connectivity index (χ0) is 26.3. The van der Waals surface area contributed by atoms with Gasteiger partial charge >= 0.3 is 11.8 Å². The second-order valence-electron chi connectivity index (χ2n) is 8.02. The summed E-state index contributed by atoms with van der Waals surface area (Å²) in [4.78, 5) is 36.0. The van der Waals surface area contributed by atoms with Crippen LogP contribution in [0.25, 0.3) is 0 Å². The van der Waals surface area contributed by atoms with Gasteiger partial charge in [-0.3, -0.25) is 14.4 Å². The Balaban J connectivity index is 1.86. The summed E-state index contributed by atoms with van der Waals surface area (Å²) in [6, 6.07) is 12.4. The summed E-state index contributed by atoms with van der Waals surface area (Å²) < 4.78 is 16.6. The number of hydrogen-bond acceptors (Lipinski definition) is 7. The third-order valence-electron chi connectivity index (χ3n) is 4.69. The van der Waals surface area contributed by atoms with E-state index in [1.807, 2.05) is 52.0 Å². The highest BCUT2D eigenvalue weighted by atomic mass is 16.5. The van der Waals surface area contributed by atoms with Gasteiger partial charge in [-0.15, -0.1) is 0 Å². The lowest BCUT2D eigenvalue weighted by Crippen LogP contribution is -2.38. The molecule has 0 saturated carbocycles. The monoisotopic (exact) mass is 498 g/mol. The molecule has 10 nitrogen and oxygen atoms in total. The maximum Gasteiger partial charge on any atom is 0.329 e. The molecule has 3 N–H and O–H groups in total. The number of nitrogens with one attached hydrogen (secondary N) is 3. The number of carbonyl (C=O) groups is 3. The lowest BCUT2D eigenvalue weighted by atomic mass is 10.2. The molecule has 0 atom stereocenters. The number of para-hydroxylation sites is 1. The predicted molar refractivity (Wildman–Crippen MR) is 137 cm³/mol. The first-order valence-electron chi connectivity index (χ1n) is 11.8. The van der Waals surface area contributed by atoms with Crippen LogP contribution in [-0.2, 0) is 19.1 Å². The fourth-order valence-electron chi connectivity index (χ4n) is 2.92. The molecule has 0 radical (unpaired) electrons. The van der Waals surface area contributed by atoms with Gasteiger partial charge in [0.15, 0.2) is 18.1 Å². The number of carbonyl (C=O) groups excluding carboxylic acids is 3. The minimum absolute atomic E-state index is 0.116. The molecule has 3 amide bonds. The van der Waals surface area contributed by atoms with E-state index in [0.29, 0.717) is 43.2 Å². The van der Waals surface area contributed by atoms with Crippen molar-refractivity contribution in [1.82, 2.24) is 10.7 Å². The summed E-state index contributed by atoms with van der Waals surface area (Å²) in [5, 5.41) is 9.13. The minimum atomic E-state index is -0.874. The number of hydrogen-bond donors (Lipinski definition) is 3. The van der Waals surface area contributed by atoms with Crippen molar-refractivity contribution in [3.8, 4) is 11.5 Å². The summed E-state index contributed by atoms with van der Waals surface area (Å²) in [6.45, 7) is 8.58. The van der Waals surface area contributed by atoms with E-state index in [1.165, 1.54) is 6.21 Å². The minimum Gasteiger partial charge on any atom is -0.490 e. The van der Waals surface area contributed by atoms with Crippen molar-refractivity contribution in [3.05, 3.63) is 53.6 Å². The average Bonchev–Trinajstić information content (AvgIpc) is 2.84.